The Morgan fingerprint density at radius 1 is 1.04 bits per heavy atom. The molecule has 0 aliphatic carbocycles. The maximum atomic E-state index is 12.7. The highest BCUT2D eigenvalue weighted by Gasteiger charge is 2.32. The van der Waals surface area contributed by atoms with Crippen molar-refractivity contribution < 1.29 is 14.3 Å². The second-order valence-corrected chi connectivity index (χ2v) is 6.55. The number of carbonyl (C=O) groups excluding carboxylic acids is 2. The second kappa shape index (κ2) is 7.25. The third-order valence-corrected chi connectivity index (χ3v) is 4.87. The van der Waals surface area contributed by atoms with Crippen LogP contribution in [0, 0.1) is 0 Å². The highest BCUT2D eigenvalue weighted by atomic mass is 16.5. The van der Waals surface area contributed by atoms with Crippen LogP contribution in [0.25, 0.3) is 5.70 Å². The number of rotatable bonds is 4. The summed E-state index contributed by atoms with van der Waals surface area (Å²) in [5.41, 5.74) is 3.63. The van der Waals surface area contributed by atoms with Gasteiger partial charge in [0.1, 0.15) is 6.54 Å². The van der Waals surface area contributed by atoms with Crippen molar-refractivity contribution in [2.45, 2.75) is 0 Å². The normalized spacial score (nSPS) is 16.4. The van der Waals surface area contributed by atoms with Gasteiger partial charge >= 0.3 is 0 Å². The molecule has 0 atom stereocenters. The Labute approximate surface area is 158 Å². The predicted molar refractivity (Wildman–Crippen MR) is 105 cm³/mol. The standard InChI is InChI=1S/C21H21N3O3/c1-15-16-6-2-3-7-17(16)21(26)24(15)14-20(25)22-18-8-4-5-9-19(18)23-10-12-27-13-11-23/h2-9H,1,10-14H2,(H,22,25). The number of benzene rings is 2. The van der Waals surface area contributed by atoms with Crippen LogP contribution in [0.15, 0.2) is 55.1 Å². The van der Waals surface area contributed by atoms with Crippen LogP contribution in [-0.2, 0) is 9.53 Å². The summed E-state index contributed by atoms with van der Waals surface area (Å²) in [7, 11) is 0. The van der Waals surface area contributed by atoms with Gasteiger partial charge in [-0.15, -0.1) is 0 Å². The Hall–Kier alpha value is -3.12. The molecule has 0 saturated carbocycles. The third kappa shape index (κ3) is 3.31. The minimum absolute atomic E-state index is 0.0657. The molecule has 0 spiro atoms. The first-order valence-electron chi connectivity index (χ1n) is 8.97. The number of fused-ring (bicyclic) bond motifs is 1. The van der Waals surface area contributed by atoms with Gasteiger partial charge in [-0.3, -0.25) is 14.5 Å². The molecule has 2 amide bonds. The zero-order chi connectivity index (χ0) is 18.8. The maximum Gasteiger partial charge on any atom is 0.259 e. The summed E-state index contributed by atoms with van der Waals surface area (Å²) < 4.78 is 5.40. The van der Waals surface area contributed by atoms with E-state index in [2.05, 4.69) is 16.8 Å². The molecule has 0 unspecified atom stereocenters. The molecule has 2 aliphatic rings. The molecule has 2 aliphatic heterocycles. The average Bonchev–Trinajstić information content (AvgIpc) is 2.94. The fourth-order valence-electron chi connectivity index (χ4n) is 3.49. The van der Waals surface area contributed by atoms with E-state index in [1.165, 1.54) is 4.90 Å². The number of morpholine rings is 1. The highest BCUT2D eigenvalue weighted by molar-refractivity contribution is 6.11. The molecule has 0 bridgehead atoms. The Balaban J connectivity index is 1.48. The number of nitrogens with one attached hydrogen (secondary N) is 1. The van der Waals surface area contributed by atoms with E-state index < -0.39 is 0 Å². The van der Waals surface area contributed by atoms with Gasteiger partial charge in [0.05, 0.1) is 24.6 Å². The van der Waals surface area contributed by atoms with Gasteiger partial charge in [0.2, 0.25) is 5.91 Å². The molecule has 6 heteroatoms. The highest BCUT2D eigenvalue weighted by Crippen LogP contribution is 2.31. The number of hydrogen-bond acceptors (Lipinski definition) is 4. The van der Waals surface area contributed by atoms with E-state index in [-0.39, 0.29) is 18.4 Å². The number of para-hydroxylation sites is 2. The van der Waals surface area contributed by atoms with Gasteiger partial charge in [0.15, 0.2) is 0 Å². The number of carbonyl (C=O) groups is 2. The minimum atomic E-state index is -0.252. The number of nitrogens with zero attached hydrogens (tertiary/aromatic N) is 2. The van der Waals surface area contributed by atoms with Crippen molar-refractivity contribution in [2.24, 2.45) is 0 Å². The van der Waals surface area contributed by atoms with Crippen molar-refractivity contribution in [3.63, 3.8) is 0 Å². The van der Waals surface area contributed by atoms with Crippen LogP contribution < -0.4 is 10.2 Å². The molecule has 2 aromatic rings. The first-order valence-corrected chi connectivity index (χ1v) is 8.97. The summed E-state index contributed by atoms with van der Waals surface area (Å²) in [6.45, 7) is 6.82. The molecule has 2 aromatic carbocycles. The van der Waals surface area contributed by atoms with Gasteiger partial charge in [0.25, 0.3) is 5.91 Å². The van der Waals surface area contributed by atoms with Crippen LogP contribution >= 0.6 is 0 Å². The molecule has 6 nitrogen and oxygen atoms in total. The van der Waals surface area contributed by atoms with Crippen molar-refractivity contribution in [1.29, 1.82) is 0 Å². The van der Waals surface area contributed by atoms with Crippen LogP contribution in [0.3, 0.4) is 0 Å². The van der Waals surface area contributed by atoms with E-state index in [1.54, 1.807) is 6.07 Å². The molecule has 4 rings (SSSR count). The molecule has 0 aromatic heterocycles. The second-order valence-electron chi connectivity index (χ2n) is 6.55. The molecule has 138 valence electrons. The summed E-state index contributed by atoms with van der Waals surface area (Å²) in [6, 6.07) is 15.0. The molecular weight excluding hydrogens is 342 g/mol. The number of hydrogen-bond donors (Lipinski definition) is 1. The maximum absolute atomic E-state index is 12.7. The van der Waals surface area contributed by atoms with Gasteiger partial charge < -0.3 is 15.0 Å². The van der Waals surface area contributed by atoms with Crippen molar-refractivity contribution >= 4 is 28.9 Å². The van der Waals surface area contributed by atoms with Crippen LogP contribution in [-0.4, -0.2) is 49.6 Å². The van der Waals surface area contributed by atoms with E-state index >= 15 is 0 Å². The quantitative estimate of drug-likeness (QED) is 0.907. The van der Waals surface area contributed by atoms with Gasteiger partial charge in [-0.25, -0.2) is 0 Å². The number of ether oxygens (including phenoxy) is 1. The number of amides is 2. The zero-order valence-corrected chi connectivity index (χ0v) is 15.0. The van der Waals surface area contributed by atoms with Crippen LogP contribution in [0.5, 0.6) is 0 Å². The van der Waals surface area contributed by atoms with E-state index in [0.717, 1.165) is 30.0 Å². The molecule has 1 N–H and O–H groups in total. The average molecular weight is 363 g/mol. The Morgan fingerprint density at radius 2 is 1.70 bits per heavy atom. The van der Waals surface area contributed by atoms with Crippen molar-refractivity contribution in [3.05, 3.63) is 66.2 Å². The summed E-state index contributed by atoms with van der Waals surface area (Å²) in [5.74, 6) is -0.440. The topological polar surface area (TPSA) is 61.9 Å². The molecule has 2 heterocycles. The van der Waals surface area contributed by atoms with Crippen LogP contribution in [0.1, 0.15) is 15.9 Å². The fraction of sp³-hybridized carbons (Fsp3) is 0.238. The summed E-state index contributed by atoms with van der Waals surface area (Å²) in [4.78, 5) is 28.8. The minimum Gasteiger partial charge on any atom is -0.378 e. The first-order chi connectivity index (χ1) is 13.1. The van der Waals surface area contributed by atoms with E-state index in [0.29, 0.717) is 24.5 Å². The Morgan fingerprint density at radius 3 is 2.44 bits per heavy atom. The zero-order valence-electron chi connectivity index (χ0n) is 15.0. The van der Waals surface area contributed by atoms with E-state index in [4.69, 9.17) is 4.74 Å². The van der Waals surface area contributed by atoms with Crippen molar-refractivity contribution in [1.82, 2.24) is 4.90 Å². The fourth-order valence-corrected chi connectivity index (χ4v) is 3.49. The molecular formula is C21H21N3O3. The van der Waals surface area contributed by atoms with Crippen LogP contribution in [0.2, 0.25) is 0 Å². The Kier molecular flexibility index (Phi) is 4.64. The lowest BCUT2D eigenvalue weighted by molar-refractivity contribution is -0.116. The molecule has 1 saturated heterocycles. The van der Waals surface area contributed by atoms with E-state index in [1.807, 2.05) is 42.5 Å². The number of anilines is 2. The van der Waals surface area contributed by atoms with Crippen molar-refractivity contribution in [2.75, 3.05) is 43.1 Å². The van der Waals surface area contributed by atoms with E-state index in [9.17, 15) is 9.59 Å². The molecule has 1 fully saturated rings. The lowest BCUT2D eigenvalue weighted by atomic mass is 10.1. The molecule has 27 heavy (non-hydrogen) atoms. The first kappa shape index (κ1) is 17.3. The lowest BCUT2D eigenvalue weighted by Gasteiger charge is -2.30. The van der Waals surface area contributed by atoms with Gasteiger partial charge in [-0.2, -0.15) is 0 Å². The van der Waals surface area contributed by atoms with Gasteiger partial charge in [-0.05, 0) is 18.2 Å². The lowest BCUT2D eigenvalue weighted by Crippen LogP contribution is -2.37. The predicted octanol–water partition coefficient (Wildman–Crippen LogP) is 2.59. The monoisotopic (exact) mass is 363 g/mol. The SMILES string of the molecule is C=C1c2ccccc2C(=O)N1CC(=O)Nc1ccccc1N1CCOCC1. The molecule has 0 radical (unpaired) electrons. The largest absolute Gasteiger partial charge is 0.378 e. The van der Waals surface area contributed by atoms with Gasteiger partial charge in [0, 0.05) is 29.9 Å². The van der Waals surface area contributed by atoms with Crippen molar-refractivity contribution in [3.8, 4) is 0 Å². The third-order valence-electron chi connectivity index (χ3n) is 4.87. The summed E-state index contributed by atoms with van der Waals surface area (Å²) >= 11 is 0. The smallest absolute Gasteiger partial charge is 0.259 e. The van der Waals surface area contributed by atoms with Crippen LogP contribution in [0.4, 0.5) is 11.4 Å². The van der Waals surface area contributed by atoms with Gasteiger partial charge in [-0.1, -0.05) is 36.9 Å². The summed E-state index contributed by atoms with van der Waals surface area (Å²) in [6.07, 6.45) is 0. The Bertz CT molecular complexity index is 868. The summed E-state index contributed by atoms with van der Waals surface area (Å²) in [5, 5.41) is 2.95.